The number of pyridine rings is 1. The molecule has 132 valence electrons. The molecule has 0 aliphatic rings. The topological polar surface area (TPSA) is 64.2 Å². The quantitative estimate of drug-likeness (QED) is 0.685. The van der Waals surface area contributed by atoms with Crippen LogP contribution in [0.25, 0.3) is 22.5 Å². The number of fused-ring (bicyclic) bond motifs is 1. The van der Waals surface area contributed by atoms with Crippen LogP contribution < -0.4 is 0 Å². The minimum absolute atomic E-state index is 0.0206. The summed E-state index contributed by atoms with van der Waals surface area (Å²) in [5, 5.41) is 5.27. The van der Waals surface area contributed by atoms with E-state index in [1.165, 1.54) is 0 Å². The fraction of sp³-hybridized carbons (Fsp3) is 0.421. The van der Waals surface area contributed by atoms with Crippen molar-refractivity contribution >= 4 is 16.9 Å². The number of unbranched alkanes of at least 4 members (excludes halogenated alkanes) is 1. The van der Waals surface area contributed by atoms with E-state index in [2.05, 4.69) is 17.0 Å². The van der Waals surface area contributed by atoms with Crippen molar-refractivity contribution in [2.75, 3.05) is 13.1 Å². The molecule has 0 spiro atoms. The van der Waals surface area contributed by atoms with Crippen LogP contribution in [0, 0.1) is 6.92 Å². The van der Waals surface area contributed by atoms with Crippen LogP contribution in [0.1, 0.15) is 42.7 Å². The Morgan fingerprint density at radius 2 is 2.16 bits per heavy atom. The zero-order valence-corrected chi connectivity index (χ0v) is 15.2. The van der Waals surface area contributed by atoms with Crippen molar-refractivity contribution in [1.82, 2.24) is 19.7 Å². The van der Waals surface area contributed by atoms with Crippen molar-refractivity contribution in [3.8, 4) is 11.5 Å². The Morgan fingerprint density at radius 3 is 2.80 bits per heavy atom. The van der Waals surface area contributed by atoms with Crippen molar-refractivity contribution in [1.29, 1.82) is 0 Å². The molecule has 0 atom stereocenters. The summed E-state index contributed by atoms with van der Waals surface area (Å²) in [5.41, 5.74) is 2.79. The standard InChI is InChI=1S/C19H24N4O2/c1-5-7-10-23(6-2)19(24)14-12-15(16-9-8-11-25-16)20-18-17(14)13(3)21-22(18)4/h8-9,11-12H,5-7,10H2,1-4H3. The minimum atomic E-state index is 0.0206. The van der Waals surface area contributed by atoms with E-state index in [0.29, 0.717) is 29.2 Å². The molecule has 0 radical (unpaired) electrons. The average Bonchev–Trinajstić information content (AvgIpc) is 3.24. The Labute approximate surface area is 147 Å². The van der Waals surface area contributed by atoms with Crippen LogP contribution in [0.4, 0.5) is 0 Å². The van der Waals surface area contributed by atoms with Crippen LogP contribution >= 0.6 is 0 Å². The van der Waals surface area contributed by atoms with Gasteiger partial charge in [-0.05, 0) is 38.5 Å². The predicted molar refractivity (Wildman–Crippen MR) is 97.4 cm³/mol. The van der Waals surface area contributed by atoms with Gasteiger partial charge in [0, 0.05) is 20.1 Å². The van der Waals surface area contributed by atoms with Crippen molar-refractivity contribution in [2.45, 2.75) is 33.6 Å². The second-order valence-corrected chi connectivity index (χ2v) is 6.18. The van der Waals surface area contributed by atoms with Gasteiger partial charge in [-0.1, -0.05) is 13.3 Å². The molecule has 0 aliphatic heterocycles. The minimum Gasteiger partial charge on any atom is -0.463 e. The summed E-state index contributed by atoms with van der Waals surface area (Å²) in [5.74, 6) is 0.665. The number of rotatable bonds is 6. The van der Waals surface area contributed by atoms with Crippen molar-refractivity contribution in [2.24, 2.45) is 7.05 Å². The molecule has 0 aromatic carbocycles. The molecular weight excluding hydrogens is 316 g/mol. The van der Waals surface area contributed by atoms with Gasteiger partial charge in [0.05, 0.1) is 22.9 Å². The Hall–Kier alpha value is -2.63. The molecule has 3 rings (SSSR count). The summed E-state index contributed by atoms with van der Waals surface area (Å²) < 4.78 is 7.20. The maximum Gasteiger partial charge on any atom is 0.254 e. The Morgan fingerprint density at radius 1 is 1.36 bits per heavy atom. The van der Waals surface area contributed by atoms with E-state index >= 15 is 0 Å². The van der Waals surface area contributed by atoms with Gasteiger partial charge >= 0.3 is 0 Å². The van der Waals surface area contributed by atoms with Gasteiger partial charge in [-0.3, -0.25) is 9.48 Å². The van der Waals surface area contributed by atoms with Gasteiger partial charge in [0.1, 0.15) is 5.69 Å². The molecule has 3 aromatic rings. The first-order valence-electron chi connectivity index (χ1n) is 8.74. The van der Waals surface area contributed by atoms with Gasteiger partial charge in [0.2, 0.25) is 0 Å². The molecule has 0 saturated heterocycles. The molecule has 6 heteroatoms. The maximum atomic E-state index is 13.2. The van der Waals surface area contributed by atoms with E-state index in [1.807, 2.05) is 44.0 Å². The number of hydrogen-bond donors (Lipinski definition) is 0. The molecule has 3 heterocycles. The van der Waals surface area contributed by atoms with Gasteiger partial charge in [0.25, 0.3) is 5.91 Å². The highest BCUT2D eigenvalue weighted by molar-refractivity contribution is 6.07. The van der Waals surface area contributed by atoms with Crippen LogP contribution in [0.15, 0.2) is 28.9 Å². The van der Waals surface area contributed by atoms with Gasteiger partial charge in [-0.2, -0.15) is 5.10 Å². The second kappa shape index (κ2) is 7.09. The number of aryl methyl sites for hydroxylation is 2. The number of furan rings is 1. The lowest BCUT2D eigenvalue weighted by Crippen LogP contribution is -2.32. The Kier molecular flexibility index (Phi) is 4.88. The molecule has 0 saturated carbocycles. The normalized spacial score (nSPS) is 11.2. The smallest absolute Gasteiger partial charge is 0.254 e. The fourth-order valence-corrected chi connectivity index (χ4v) is 3.09. The highest BCUT2D eigenvalue weighted by atomic mass is 16.3. The zero-order valence-electron chi connectivity index (χ0n) is 15.2. The summed E-state index contributed by atoms with van der Waals surface area (Å²) in [6.45, 7) is 7.48. The molecule has 0 bridgehead atoms. The van der Waals surface area contributed by atoms with Gasteiger partial charge in [-0.25, -0.2) is 4.98 Å². The number of amides is 1. The molecule has 0 N–H and O–H groups in total. The van der Waals surface area contributed by atoms with Gasteiger partial charge in [0.15, 0.2) is 11.4 Å². The molecule has 0 aliphatic carbocycles. The monoisotopic (exact) mass is 340 g/mol. The van der Waals surface area contributed by atoms with Crippen LogP contribution in [0.3, 0.4) is 0 Å². The molecule has 1 amide bonds. The largest absolute Gasteiger partial charge is 0.463 e. The highest BCUT2D eigenvalue weighted by Crippen LogP contribution is 2.28. The number of aromatic nitrogens is 3. The van der Waals surface area contributed by atoms with Crippen LogP contribution in [0.2, 0.25) is 0 Å². The molecule has 3 aromatic heterocycles. The van der Waals surface area contributed by atoms with E-state index in [9.17, 15) is 4.79 Å². The van der Waals surface area contributed by atoms with Gasteiger partial charge in [-0.15, -0.1) is 0 Å². The summed E-state index contributed by atoms with van der Waals surface area (Å²) in [7, 11) is 1.84. The maximum absolute atomic E-state index is 13.2. The third kappa shape index (κ3) is 3.16. The first kappa shape index (κ1) is 17.2. The molecule has 6 nitrogen and oxygen atoms in total. The van der Waals surface area contributed by atoms with Gasteiger partial charge < -0.3 is 9.32 Å². The number of carbonyl (C=O) groups excluding carboxylic acids is 1. The summed E-state index contributed by atoms with van der Waals surface area (Å²) >= 11 is 0. The van der Waals surface area contributed by atoms with E-state index < -0.39 is 0 Å². The third-order valence-corrected chi connectivity index (χ3v) is 4.42. The SMILES string of the molecule is CCCCN(CC)C(=O)c1cc(-c2ccco2)nc2c1c(C)nn2C. The summed E-state index contributed by atoms with van der Waals surface area (Å²) in [6.07, 6.45) is 3.65. The first-order valence-corrected chi connectivity index (χ1v) is 8.74. The highest BCUT2D eigenvalue weighted by Gasteiger charge is 2.23. The summed E-state index contributed by atoms with van der Waals surface area (Å²) in [4.78, 5) is 19.8. The van der Waals surface area contributed by atoms with E-state index in [4.69, 9.17) is 4.42 Å². The lowest BCUT2D eigenvalue weighted by Gasteiger charge is -2.21. The van der Waals surface area contributed by atoms with Crippen molar-refractivity contribution < 1.29 is 9.21 Å². The third-order valence-electron chi connectivity index (χ3n) is 4.42. The van der Waals surface area contributed by atoms with Crippen LogP contribution in [-0.4, -0.2) is 38.7 Å². The molecule has 25 heavy (non-hydrogen) atoms. The molecule has 0 fully saturated rings. The number of nitrogens with zero attached hydrogens (tertiary/aromatic N) is 4. The zero-order chi connectivity index (χ0) is 18.0. The Bertz CT molecular complexity index is 881. The summed E-state index contributed by atoms with van der Waals surface area (Å²) in [6, 6.07) is 5.49. The second-order valence-electron chi connectivity index (χ2n) is 6.18. The van der Waals surface area contributed by atoms with E-state index in [-0.39, 0.29) is 5.91 Å². The van der Waals surface area contributed by atoms with Crippen molar-refractivity contribution in [3.05, 3.63) is 35.7 Å². The van der Waals surface area contributed by atoms with Crippen molar-refractivity contribution in [3.63, 3.8) is 0 Å². The van der Waals surface area contributed by atoms with Crippen LogP contribution in [-0.2, 0) is 7.05 Å². The molecular formula is C19H24N4O2. The lowest BCUT2D eigenvalue weighted by molar-refractivity contribution is 0.0764. The fourth-order valence-electron chi connectivity index (χ4n) is 3.09. The van der Waals surface area contributed by atoms with E-state index in [0.717, 1.165) is 30.5 Å². The molecule has 0 unspecified atom stereocenters. The number of hydrogen-bond acceptors (Lipinski definition) is 4. The predicted octanol–water partition coefficient (Wildman–Crippen LogP) is 3.80. The average molecular weight is 340 g/mol. The number of carbonyl (C=O) groups is 1. The first-order chi connectivity index (χ1) is 12.1. The lowest BCUT2D eigenvalue weighted by atomic mass is 10.1. The van der Waals surface area contributed by atoms with Crippen LogP contribution in [0.5, 0.6) is 0 Å². The Balaban J connectivity index is 2.16. The van der Waals surface area contributed by atoms with E-state index in [1.54, 1.807) is 10.9 Å².